The topological polar surface area (TPSA) is 61.4 Å². The first-order valence-corrected chi connectivity index (χ1v) is 5.87. The van der Waals surface area contributed by atoms with Gasteiger partial charge in [-0.15, -0.1) is 0 Å². The highest BCUT2D eigenvalue weighted by molar-refractivity contribution is 5.74. The van der Waals surface area contributed by atoms with Gasteiger partial charge >= 0.3 is 11.7 Å². The molecule has 0 N–H and O–H groups in total. The molecule has 2 rings (SSSR count). The molecule has 0 amide bonds. The van der Waals surface area contributed by atoms with Crippen molar-refractivity contribution >= 4 is 17.1 Å². The molecular weight excluding hydrogens is 234 g/mol. The third-order valence-corrected chi connectivity index (χ3v) is 2.67. The van der Waals surface area contributed by atoms with Gasteiger partial charge in [-0.25, -0.2) is 4.79 Å². The number of hydrogen-bond donors (Lipinski definition) is 0. The number of carbonyl (C=O) groups is 1. The van der Waals surface area contributed by atoms with Crippen molar-refractivity contribution < 1.29 is 13.9 Å². The van der Waals surface area contributed by atoms with E-state index in [2.05, 4.69) is 0 Å². The monoisotopic (exact) mass is 249 g/mol. The van der Waals surface area contributed by atoms with Crippen LogP contribution in [0.1, 0.15) is 18.9 Å². The van der Waals surface area contributed by atoms with Crippen molar-refractivity contribution in [3.63, 3.8) is 0 Å². The average molecular weight is 249 g/mol. The van der Waals surface area contributed by atoms with Crippen molar-refractivity contribution in [3.05, 3.63) is 34.3 Å². The number of ether oxygens (including phenoxy) is 1. The molecule has 0 aliphatic heterocycles. The highest BCUT2D eigenvalue weighted by Crippen LogP contribution is 2.14. The Kier molecular flexibility index (Phi) is 3.50. The number of aryl methyl sites for hydroxylation is 2. The molecule has 96 valence electrons. The Labute approximate surface area is 104 Å². The fourth-order valence-corrected chi connectivity index (χ4v) is 1.82. The molecule has 1 aromatic carbocycles. The van der Waals surface area contributed by atoms with Crippen LogP contribution in [-0.2, 0) is 16.1 Å². The number of fused-ring (bicyclic) bond motifs is 1. The summed E-state index contributed by atoms with van der Waals surface area (Å²) in [5.41, 5.74) is 2.27. The molecule has 5 heteroatoms. The van der Waals surface area contributed by atoms with Gasteiger partial charge in [0.05, 0.1) is 18.5 Å². The van der Waals surface area contributed by atoms with Crippen LogP contribution in [0, 0.1) is 6.92 Å². The van der Waals surface area contributed by atoms with Gasteiger partial charge in [-0.1, -0.05) is 6.07 Å². The lowest BCUT2D eigenvalue weighted by Crippen LogP contribution is -2.17. The van der Waals surface area contributed by atoms with E-state index in [9.17, 15) is 9.59 Å². The van der Waals surface area contributed by atoms with Crippen molar-refractivity contribution in [1.82, 2.24) is 4.57 Å². The quantitative estimate of drug-likeness (QED) is 0.776. The predicted octanol–water partition coefficient (Wildman–Crippen LogP) is 1.86. The van der Waals surface area contributed by atoms with E-state index in [0.29, 0.717) is 17.7 Å². The number of nitrogens with zero attached hydrogens (tertiary/aromatic N) is 1. The van der Waals surface area contributed by atoms with Crippen LogP contribution < -0.4 is 5.76 Å². The highest BCUT2D eigenvalue weighted by atomic mass is 16.5. The molecule has 0 unspecified atom stereocenters. The van der Waals surface area contributed by atoms with E-state index in [4.69, 9.17) is 9.15 Å². The van der Waals surface area contributed by atoms with Gasteiger partial charge in [0.1, 0.15) is 0 Å². The van der Waals surface area contributed by atoms with E-state index in [1.807, 2.05) is 19.1 Å². The fraction of sp³-hybridized carbons (Fsp3) is 0.385. The molecule has 0 radical (unpaired) electrons. The van der Waals surface area contributed by atoms with Crippen LogP contribution in [-0.4, -0.2) is 17.1 Å². The zero-order valence-corrected chi connectivity index (χ0v) is 10.4. The van der Waals surface area contributed by atoms with Crippen LogP contribution in [0.2, 0.25) is 0 Å². The first-order chi connectivity index (χ1) is 8.61. The van der Waals surface area contributed by atoms with Crippen molar-refractivity contribution in [2.45, 2.75) is 26.8 Å². The molecule has 0 aliphatic carbocycles. The minimum Gasteiger partial charge on any atom is -0.466 e. The lowest BCUT2D eigenvalue weighted by atomic mass is 10.2. The summed E-state index contributed by atoms with van der Waals surface area (Å²) in [7, 11) is 0. The number of benzene rings is 1. The molecule has 0 fully saturated rings. The molecule has 0 spiro atoms. The highest BCUT2D eigenvalue weighted by Gasteiger charge is 2.11. The van der Waals surface area contributed by atoms with Gasteiger partial charge in [0, 0.05) is 6.54 Å². The Bertz CT molecular complexity index is 623. The first-order valence-electron chi connectivity index (χ1n) is 5.87. The maximum Gasteiger partial charge on any atom is 0.419 e. The van der Waals surface area contributed by atoms with Gasteiger partial charge < -0.3 is 9.15 Å². The van der Waals surface area contributed by atoms with Crippen LogP contribution in [0.15, 0.2) is 27.4 Å². The minimum atomic E-state index is -0.445. The fourth-order valence-electron chi connectivity index (χ4n) is 1.82. The van der Waals surface area contributed by atoms with E-state index in [-0.39, 0.29) is 18.9 Å². The molecule has 1 heterocycles. The summed E-state index contributed by atoms with van der Waals surface area (Å²) in [5, 5.41) is 0. The summed E-state index contributed by atoms with van der Waals surface area (Å²) in [6.07, 6.45) is 0.163. The number of carbonyl (C=O) groups excluding carboxylic acids is 1. The van der Waals surface area contributed by atoms with Gasteiger partial charge in [-0.05, 0) is 31.5 Å². The Morgan fingerprint density at radius 2 is 2.22 bits per heavy atom. The van der Waals surface area contributed by atoms with E-state index in [0.717, 1.165) is 5.56 Å². The van der Waals surface area contributed by atoms with Crippen LogP contribution in [0.25, 0.3) is 11.1 Å². The number of hydrogen-bond acceptors (Lipinski definition) is 4. The second-order valence-electron chi connectivity index (χ2n) is 4.05. The standard InChI is InChI=1S/C13H15NO4/c1-3-17-12(15)6-7-14-10-5-4-9(2)8-11(10)18-13(14)16/h4-5,8H,3,6-7H2,1-2H3. The normalized spacial score (nSPS) is 10.8. The lowest BCUT2D eigenvalue weighted by Gasteiger charge is -2.02. The van der Waals surface area contributed by atoms with Crippen LogP contribution in [0.5, 0.6) is 0 Å². The number of aromatic nitrogens is 1. The summed E-state index contributed by atoms with van der Waals surface area (Å²) >= 11 is 0. The minimum absolute atomic E-state index is 0.163. The Balaban J connectivity index is 2.25. The third kappa shape index (κ3) is 2.45. The molecule has 0 aliphatic rings. The molecule has 0 bridgehead atoms. The van der Waals surface area contributed by atoms with Gasteiger partial charge in [0.2, 0.25) is 0 Å². The van der Waals surface area contributed by atoms with E-state index in [1.54, 1.807) is 13.0 Å². The molecule has 5 nitrogen and oxygen atoms in total. The summed E-state index contributed by atoms with van der Waals surface area (Å²) in [6.45, 7) is 4.29. The first kappa shape index (κ1) is 12.4. The van der Waals surface area contributed by atoms with Crippen molar-refractivity contribution in [2.24, 2.45) is 0 Å². The number of oxazole rings is 1. The Hall–Kier alpha value is -2.04. The maximum atomic E-state index is 11.7. The van der Waals surface area contributed by atoms with Crippen LogP contribution in [0.3, 0.4) is 0 Å². The summed E-state index contributed by atoms with van der Waals surface area (Å²) in [5.74, 6) is -0.759. The lowest BCUT2D eigenvalue weighted by molar-refractivity contribution is -0.143. The SMILES string of the molecule is CCOC(=O)CCn1c(=O)oc2cc(C)ccc21. The van der Waals surface area contributed by atoms with Gasteiger partial charge in [0.15, 0.2) is 5.58 Å². The summed E-state index contributed by atoms with van der Waals surface area (Å²) in [6, 6.07) is 5.52. The van der Waals surface area contributed by atoms with Crippen molar-refractivity contribution in [1.29, 1.82) is 0 Å². The molecule has 0 saturated carbocycles. The predicted molar refractivity (Wildman–Crippen MR) is 66.5 cm³/mol. The third-order valence-electron chi connectivity index (χ3n) is 2.67. The van der Waals surface area contributed by atoms with Crippen LogP contribution in [0.4, 0.5) is 0 Å². The van der Waals surface area contributed by atoms with E-state index < -0.39 is 5.76 Å². The second-order valence-corrected chi connectivity index (χ2v) is 4.05. The summed E-state index contributed by atoms with van der Waals surface area (Å²) < 4.78 is 11.4. The number of rotatable bonds is 4. The average Bonchev–Trinajstić information content (AvgIpc) is 2.61. The van der Waals surface area contributed by atoms with E-state index in [1.165, 1.54) is 4.57 Å². The maximum absolute atomic E-state index is 11.7. The second kappa shape index (κ2) is 5.08. The van der Waals surface area contributed by atoms with Gasteiger partial charge in [0.25, 0.3) is 0 Å². The molecule has 1 aromatic heterocycles. The molecule has 0 atom stereocenters. The van der Waals surface area contributed by atoms with Crippen molar-refractivity contribution in [2.75, 3.05) is 6.61 Å². The Morgan fingerprint density at radius 3 is 2.94 bits per heavy atom. The molecule has 2 aromatic rings. The summed E-state index contributed by atoms with van der Waals surface area (Å²) in [4.78, 5) is 22.9. The largest absolute Gasteiger partial charge is 0.466 e. The van der Waals surface area contributed by atoms with Gasteiger partial charge in [-0.2, -0.15) is 0 Å². The van der Waals surface area contributed by atoms with E-state index >= 15 is 0 Å². The van der Waals surface area contributed by atoms with Crippen LogP contribution >= 0.6 is 0 Å². The molecular formula is C13H15NO4. The smallest absolute Gasteiger partial charge is 0.419 e. The zero-order valence-electron chi connectivity index (χ0n) is 10.4. The number of esters is 1. The molecule has 18 heavy (non-hydrogen) atoms. The van der Waals surface area contributed by atoms with Crippen molar-refractivity contribution in [3.8, 4) is 0 Å². The van der Waals surface area contributed by atoms with Gasteiger partial charge in [-0.3, -0.25) is 9.36 Å². The molecule has 0 saturated heterocycles. The Morgan fingerprint density at radius 1 is 1.44 bits per heavy atom. The zero-order chi connectivity index (χ0) is 13.1.